The number of amides is 1. The summed E-state index contributed by atoms with van der Waals surface area (Å²) < 4.78 is 0. The molecule has 0 aromatic heterocycles. The molecular formula is C25H23N3O. The summed E-state index contributed by atoms with van der Waals surface area (Å²) in [4.78, 5) is 21.8. The van der Waals surface area contributed by atoms with E-state index < -0.39 is 0 Å². The number of carbonyl (C=O) groups is 1. The lowest BCUT2D eigenvalue weighted by atomic mass is 10.1. The Labute approximate surface area is 171 Å². The third-order valence-corrected chi connectivity index (χ3v) is 4.87. The van der Waals surface area contributed by atoms with Crippen molar-refractivity contribution in [2.75, 3.05) is 23.9 Å². The molecule has 0 bridgehead atoms. The maximum atomic E-state index is 13.3. The molecule has 4 nitrogen and oxygen atoms in total. The van der Waals surface area contributed by atoms with Gasteiger partial charge in [0.15, 0.2) is 0 Å². The lowest BCUT2D eigenvalue weighted by Gasteiger charge is -2.19. The van der Waals surface area contributed by atoms with Crippen LogP contribution in [0, 0.1) is 6.92 Å². The van der Waals surface area contributed by atoms with Gasteiger partial charge in [-0.3, -0.25) is 9.69 Å². The van der Waals surface area contributed by atoms with Gasteiger partial charge in [-0.25, -0.2) is 4.99 Å². The van der Waals surface area contributed by atoms with E-state index in [1.807, 2.05) is 111 Å². The normalized spacial score (nSPS) is 15.0. The van der Waals surface area contributed by atoms with Gasteiger partial charge in [0.05, 0.1) is 5.69 Å². The van der Waals surface area contributed by atoms with Crippen LogP contribution in [0.2, 0.25) is 0 Å². The van der Waals surface area contributed by atoms with E-state index in [2.05, 4.69) is 0 Å². The van der Waals surface area contributed by atoms with E-state index in [1.165, 1.54) is 0 Å². The molecule has 1 heterocycles. The topological polar surface area (TPSA) is 35.9 Å². The molecule has 29 heavy (non-hydrogen) atoms. The molecule has 0 fully saturated rings. The van der Waals surface area contributed by atoms with E-state index >= 15 is 0 Å². The van der Waals surface area contributed by atoms with Crippen LogP contribution in [0.25, 0.3) is 6.08 Å². The summed E-state index contributed by atoms with van der Waals surface area (Å²) in [5, 5.41) is 0. The second-order valence-electron chi connectivity index (χ2n) is 7.30. The van der Waals surface area contributed by atoms with Crippen molar-refractivity contribution in [3.05, 3.63) is 101 Å². The Hall–Kier alpha value is -3.66. The van der Waals surface area contributed by atoms with Crippen LogP contribution in [0.3, 0.4) is 0 Å². The van der Waals surface area contributed by atoms with E-state index in [1.54, 1.807) is 4.90 Å². The number of hydrogen-bond donors (Lipinski definition) is 0. The van der Waals surface area contributed by atoms with Crippen molar-refractivity contribution in [3.8, 4) is 0 Å². The number of rotatable bonds is 4. The molecule has 1 aliphatic rings. The Morgan fingerprint density at radius 2 is 1.62 bits per heavy atom. The molecule has 0 saturated heterocycles. The maximum Gasteiger partial charge on any atom is 0.282 e. The van der Waals surface area contributed by atoms with Crippen LogP contribution in [0.15, 0.2) is 89.6 Å². The summed E-state index contributed by atoms with van der Waals surface area (Å²) in [6.07, 6.45) is 1.85. The fraction of sp³-hybridized carbons (Fsp3) is 0.120. The zero-order valence-corrected chi connectivity index (χ0v) is 16.8. The molecule has 4 heteroatoms. The van der Waals surface area contributed by atoms with Crippen LogP contribution in [-0.4, -0.2) is 25.8 Å². The SMILES string of the molecule is Cc1cccc(N2C(=O)/C(=C\c3ccc(N(C)C)cc3)N=C2c2ccccc2)c1. The summed E-state index contributed by atoms with van der Waals surface area (Å²) in [6, 6.07) is 25.8. The van der Waals surface area contributed by atoms with Crippen LogP contribution in [0.4, 0.5) is 11.4 Å². The molecule has 144 valence electrons. The highest BCUT2D eigenvalue weighted by atomic mass is 16.2. The summed E-state index contributed by atoms with van der Waals surface area (Å²) in [5.74, 6) is 0.531. The Morgan fingerprint density at radius 3 is 2.28 bits per heavy atom. The average molecular weight is 381 g/mol. The Bertz CT molecular complexity index is 1100. The minimum absolute atomic E-state index is 0.119. The molecule has 0 atom stereocenters. The number of aliphatic imine (C=N–C) groups is 1. The van der Waals surface area contributed by atoms with Crippen molar-refractivity contribution in [1.29, 1.82) is 0 Å². The van der Waals surface area contributed by atoms with E-state index in [4.69, 9.17) is 4.99 Å². The van der Waals surface area contributed by atoms with Crippen LogP contribution in [0.5, 0.6) is 0 Å². The van der Waals surface area contributed by atoms with E-state index in [9.17, 15) is 4.79 Å². The van der Waals surface area contributed by atoms with Crippen molar-refractivity contribution in [2.24, 2.45) is 4.99 Å². The van der Waals surface area contributed by atoms with Gasteiger partial charge < -0.3 is 4.90 Å². The minimum atomic E-state index is -0.119. The molecule has 1 aliphatic heterocycles. The zero-order chi connectivity index (χ0) is 20.4. The van der Waals surface area contributed by atoms with E-state index in [0.717, 1.165) is 28.1 Å². The Morgan fingerprint density at radius 1 is 0.897 bits per heavy atom. The van der Waals surface area contributed by atoms with Gasteiger partial charge in [-0.2, -0.15) is 0 Å². The zero-order valence-electron chi connectivity index (χ0n) is 16.8. The largest absolute Gasteiger partial charge is 0.378 e. The number of amidine groups is 1. The number of hydrogen-bond acceptors (Lipinski definition) is 3. The van der Waals surface area contributed by atoms with Crippen molar-refractivity contribution >= 4 is 29.2 Å². The predicted octanol–water partition coefficient (Wildman–Crippen LogP) is 4.90. The van der Waals surface area contributed by atoms with Gasteiger partial charge in [-0.15, -0.1) is 0 Å². The Kier molecular flexibility index (Phi) is 5.00. The van der Waals surface area contributed by atoms with Gasteiger partial charge in [0, 0.05) is 25.3 Å². The second-order valence-corrected chi connectivity index (χ2v) is 7.30. The molecular weight excluding hydrogens is 358 g/mol. The molecule has 4 rings (SSSR count). The van der Waals surface area contributed by atoms with Gasteiger partial charge in [-0.1, -0.05) is 54.6 Å². The number of carbonyl (C=O) groups excluding carboxylic acids is 1. The summed E-state index contributed by atoms with van der Waals surface area (Å²) in [5.41, 5.74) is 5.32. The molecule has 3 aromatic carbocycles. The van der Waals surface area contributed by atoms with Crippen LogP contribution in [0.1, 0.15) is 16.7 Å². The molecule has 1 amide bonds. The highest BCUT2D eigenvalue weighted by molar-refractivity contribution is 6.33. The first-order chi connectivity index (χ1) is 14.0. The van der Waals surface area contributed by atoms with E-state index in [-0.39, 0.29) is 5.91 Å². The van der Waals surface area contributed by atoms with Crippen molar-refractivity contribution < 1.29 is 4.79 Å². The Balaban J connectivity index is 1.77. The lowest BCUT2D eigenvalue weighted by Crippen LogP contribution is -2.32. The summed E-state index contributed by atoms with van der Waals surface area (Å²) in [7, 11) is 4.01. The number of anilines is 2. The second kappa shape index (κ2) is 7.76. The number of aryl methyl sites for hydroxylation is 1. The van der Waals surface area contributed by atoms with Gasteiger partial charge in [0.1, 0.15) is 11.5 Å². The van der Waals surface area contributed by atoms with Crippen molar-refractivity contribution in [2.45, 2.75) is 6.92 Å². The molecule has 0 aliphatic carbocycles. The highest BCUT2D eigenvalue weighted by Crippen LogP contribution is 2.28. The van der Waals surface area contributed by atoms with Crippen molar-refractivity contribution in [1.82, 2.24) is 0 Å². The molecule has 0 radical (unpaired) electrons. The number of nitrogens with zero attached hydrogens (tertiary/aromatic N) is 3. The van der Waals surface area contributed by atoms with Crippen molar-refractivity contribution in [3.63, 3.8) is 0 Å². The smallest absolute Gasteiger partial charge is 0.282 e. The van der Waals surface area contributed by atoms with Crippen LogP contribution >= 0.6 is 0 Å². The van der Waals surface area contributed by atoms with Gasteiger partial charge in [-0.05, 0) is 48.4 Å². The third kappa shape index (κ3) is 3.83. The van der Waals surface area contributed by atoms with E-state index in [0.29, 0.717) is 11.5 Å². The summed E-state index contributed by atoms with van der Waals surface area (Å²) in [6.45, 7) is 2.02. The van der Waals surface area contributed by atoms with Gasteiger partial charge in [0.25, 0.3) is 5.91 Å². The monoisotopic (exact) mass is 381 g/mol. The average Bonchev–Trinajstić information content (AvgIpc) is 3.05. The first-order valence-corrected chi connectivity index (χ1v) is 9.57. The van der Waals surface area contributed by atoms with Crippen LogP contribution in [-0.2, 0) is 4.79 Å². The van der Waals surface area contributed by atoms with Gasteiger partial charge >= 0.3 is 0 Å². The molecule has 0 saturated carbocycles. The minimum Gasteiger partial charge on any atom is -0.378 e. The predicted molar refractivity (Wildman–Crippen MR) is 120 cm³/mol. The first kappa shape index (κ1) is 18.7. The molecule has 0 spiro atoms. The highest BCUT2D eigenvalue weighted by Gasteiger charge is 2.32. The summed E-state index contributed by atoms with van der Waals surface area (Å²) >= 11 is 0. The standard InChI is InChI=1S/C25H23N3O/c1-18-8-7-11-22(16-18)28-24(20-9-5-4-6-10-20)26-23(25(28)29)17-19-12-14-21(15-13-19)27(2)3/h4-17H,1-3H3/b23-17+. The fourth-order valence-corrected chi connectivity index (χ4v) is 3.33. The quantitative estimate of drug-likeness (QED) is 0.603. The molecule has 0 unspecified atom stereocenters. The van der Waals surface area contributed by atoms with Crippen LogP contribution < -0.4 is 9.80 Å². The number of benzene rings is 3. The van der Waals surface area contributed by atoms with Gasteiger partial charge in [0.2, 0.25) is 0 Å². The maximum absolute atomic E-state index is 13.3. The molecule has 3 aromatic rings. The third-order valence-electron chi connectivity index (χ3n) is 4.87. The fourth-order valence-electron chi connectivity index (χ4n) is 3.33. The molecule has 0 N–H and O–H groups in total. The lowest BCUT2D eigenvalue weighted by molar-refractivity contribution is -0.113. The first-order valence-electron chi connectivity index (χ1n) is 9.57.